The van der Waals surface area contributed by atoms with Crippen LogP contribution in [-0.2, 0) is 16.1 Å². The zero-order valence-corrected chi connectivity index (χ0v) is 17.4. The molecule has 0 radical (unpaired) electrons. The van der Waals surface area contributed by atoms with E-state index in [1.807, 2.05) is 19.1 Å². The number of ether oxygens (including phenoxy) is 1. The number of piperidine rings is 1. The molecule has 2 aliphatic rings. The molecular weight excluding hydrogens is 436 g/mol. The number of halogens is 4. The molecular formula is C20H24F4N4O4. The minimum Gasteiger partial charge on any atom is -0.475 e. The summed E-state index contributed by atoms with van der Waals surface area (Å²) in [6.07, 6.45) is -0.717. The van der Waals surface area contributed by atoms with Gasteiger partial charge in [0.05, 0.1) is 37.7 Å². The van der Waals surface area contributed by atoms with Crippen molar-refractivity contribution in [2.24, 2.45) is 0 Å². The van der Waals surface area contributed by atoms with Crippen LogP contribution in [0.3, 0.4) is 0 Å². The minimum absolute atomic E-state index is 0.161. The molecule has 0 atom stereocenters. The van der Waals surface area contributed by atoms with E-state index in [0.29, 0.717) is 12.6 Å². The second kappa shape index (κ2) is 9.82. The van der Waals surface area contributed by atoms with Crippen molar-refractivity contribution in [1.29, 1.82) is 0 Å². The Hall–Kier alpha value is -2.73. The molecule has 0 saturated carbocycles. The van der Waals surface area contributed by atoms with Crippen LogP contribution < -0.4 is 4.90 Å². The number of carboxylic acid groups (broad SMARTS) is 1. The molecule has 4 heterocycles. The molecule has 0 unspecified atom stereocenters. The van der Waals surface area contributed by atoms with Crippen molar-refractivity contribution >= 4 is 11.9 Å². The molecule has 0 aliphatic carbocycles. The third-order valence-electron chi connectivity index (χ3n) is 5.32. The van der Waals surface area contributed by atoms with Gasteiger partial charge in [-0.1, -0.05) is 0 Å². The number of likely N-dealkylation sites (tertiary alicyclic amines) is 1. The topological polar surface area (TPSA) is 91.9 Å². The third-order valence-corrected chi connectivity index (χ3v) is 5.32. The van der Waals surface area contributed by atoms with E-state index >= 15 is 0 Å². The molecule has 32 heavy (non-hydrogen) atoms. The monoisotopic (exact) mass is 460 g/mol. The number of aromatic nitrogens is 2. The van der Waals surface area contributed by atoms with Crippen LogP contribution in [0, 0.1) is 12.7 Å². The Morgan fingerprint density at radius 2 is 1.81 bits per heavy atom. The Bertz CT molecular complexity index is 896. The normalized spacial score (nSPS) is 18.8. The first-order valence-corrected chi connectivity index (χ1v) is 10.0. The molecule has 176 valence electrons. The van der Waals surface area contributed by atoms with E-state index < -0.39 is 18.0 Å². The minimum atomic E-state index is -5.08. The average Bonchev–Trinajstić information content (AvgIpc) is 3.15. The molecule has 0 bridgehead atoms. The lowest BCUT2D eigenvalue weighted by molar-refractivity contribution is -0.192. The van der Waals surface area contributed by atoms with Gasteiger partial charge in [0, 0.05) is 19.6 Å². The van der Waals surface area contributed by atoms with Crippen molar-refractivity contribution in [1.82, 2.24) is 14.9 Å². The smallest absolute Gasteiger partial charge is 0.475 e. The second-order valence-electron chi connectivity index (χ2n) is 7.75. The number of morpholine rings is 1. The number of aryl methyl sites for hydroxylation is 1. The summed E-state index contributed by atoms with van der Waals surface area (Å²) in [5.41, 5.74) is -0.161. The van der Waals surface area contributed by atoms with Crippen LogP contribution in [0.25, 0.3) is 0 Å². The zero-order valence-electron chi connectivity index (χ0n) is 17.4. The molecule has 2 aromatic heterocycles. The number of furan rings is 1. The zero-order chi connectivity index (χ0) is 23.4. The summed E-state index contributed by atoms with van der Waals surface area (Å²) in [7, 11) is 0. The fraction of sp³-hybridized carbons (Fsp3) is 0.550. The number of anilines is 1. The summed E-state index contributed by atoms with van der Waals surface area (Å²) in [6.45, 7) is 6.90. The molecule has 0 amide bonds. The summed E-state index contributed by atoms with van der Waals surface area (Å²) in [4.78, 5) is 21.6. The molecule has 2 saturated heterocycles. The maximum Gasteiger partial charge on any atom is 0.490 e. The lowest BCUT2D eigenvalue weighted by Gasteiger charge is -2.47. The van der Waals surface area contributed by atoms with Gasteiger partial charge in [0.2, 0.25) is 5.95 Å². The Balaban J connectivity index is 0.000000360. The van der Waals surface area contributed by atoms with Crippen molar-refractivity contribution in [3.8, 4) is 0 Å². The first-order valence-electron chi connectivity index (χ1n) is 10.0. The fourth-order valence-electron chi connectivity index (χ4n) is 3.70. The highest BCUT2D eigenvalue weighted by molar-refractivity contribution is 5.73. The fourth-order valence-corrected chi connectivity index (χ4v) is 3.70. The van der Waals surface area contributed by atoms with Gasteiger partial charge < -0.3 is 19.2 Å². The van der Waals surface area contributed by atoms with Crippen molar-refractivity contribution in [3.05, 3.63) is 41.9 Å². The molecule has 2 aliphatic heterocycles. The molecule has 12 heteroatoms. The maximum atomic E-state index is 13.0. The van der Waals surface area contributed by atoms with Crippen LogP contribution in [0.15, 0.2) is 28.9 Å². The van der Waals surface area contributed by atoms with E-state index in [1.165, 1.54) is 12.4 Å². The molecule has 1 spiro atoms. The van der Waals surface area contributed by atoms with Crippen LogP contribution in [0.4, 0.5) is 23.5 Å². The van der Waals surface area contributed by atoms with E-state index in [9.17, 15) is 17.6 Å². The lowest BCUT2D eigenvalue weighted by Crippen LogP contribution is -2.57. The Morgan fingerprint density at radius 1 is 1.19 bits per heavy atom. The average molecular weight is 460 g/mol. The Kier molecular flexibility index (Phi) is 7.34. The van der Waals surface area contributed by atoms with Crippen LogP contribution in [-0.4, -0.2) is 70.5 Å². The van der Waals surface area contributed by atoms with E-state index in [-0.39, 0.29) is 5.60 Å². The van der Waals surface area contributed by atoms with E-state index in [0.717, 1.165) is 57.1 Å². The molecule has 2 aromatic rings. The van der Waals surface area contributed by atoms with Gasteiger partial charge in [-0.2, -0.15) is 13.2 Å². The highest BCUT2D eigenvalue weighted by Gasteiger charge is 2.40. The molecule has 2 fully saturated rings. The van der Waals surface area contributed by atoms with Gasteiger partial charge >= 0.3 is 12.1 Å². The van der Waals surface area contributed by atoms with E-state index in [2.05, 4.69) is 19.8 Å². The predicted octanol–water partition coefficient (Wildman–Crippen LogP) is 3.02. The Labute approximate surface area is 181 Å². The summed E-state index contributed by atoms with van der Waals surface area (Å²) >= 11 is 0. The van der Waals surface area contributed by atoms with Crippen LogP contribution >= 0.6 is 0 Å². The number of aliphatic carboxylic acids is 1. The lowest BCUT2D eigenvalue weighted by atomic mass is 9.89. The summed E-state index contributed by atoms with van der Waals surface area (Å²) in [5.74, 6) is -0.619. The summed E-state index contributed by atoms with van der Waals surface area (Å²) < 4.78 is 56.6. The van der Waals surface area contributed by atoms with Crippen LogP contribution in [0.1, 0.15) is 24.4 Å². The van der Waals surface area contributed by atoms with Crippen molar-refractivity contribution in [3.63, 3.8) is 0 Å². The van der Waals surface area contributed by atoms with Gasteiger partial charge in [0.25, 0.3) is 0 Å². The largest absolute Gasteiger partial charge is 0.490 e. The molecule has 4 rings (SSSR count). The van der Waals surface area contributed by atoms with Gasteiger partial charge in [0.1, 0.15) is 11.5 Å². The first-order chi connectivity index (χ1) is 15.1. The van der Waals surface area contributed by atoms with Gasteiger partial charge in [-0.25, -0.2) is 19.2 Å². The second-order valence-corrected chi connectivity index (χ2v) is 7.75. The molecule has 0 aromatic carbocycles. The third kappa shape index (κ3) is 6.39. The number of nitrogens with zero attached hydrogens (tertiary/aromatic N) is 4. The number of hydrogen-bond donors (Lipinski definition) is 1. The predicted molar refractivity (Wildman–Crippen MR) is 105 cm³/mol. The summed E-state index contributed by atoms with van der Waals surface area (Å²) in [6, 6.07) is 4.05. The summed E-state index contributed by atoms with van der Waals surface area (Å²) in [5, 5.41) is 7.12. The van der Waals surface area contributed by atoms with E-state index in [4.69, 9.17) is 19.1 Å². The number of carboxylic acids is 1. The number of hydrogen-bond acceptors (Lipinski definition) is 7. The van der Waals surface area contributed by atoms with Gasteiger partial charge in [-0.3, -0.25) is 4.90 Å². The van der Waals surface area contributed by atoms with Crippen molar-refractivity contribution in [2.45, 2.75) is 38.1 Å². The highest BCUT2D eigenvalue weighted by atomic mass is 19.4. The maximum absolute atomic E-state index is 13.0. The quantitative estimate of drug-likeness (QED) is 0.699. The van der Waals surface area contributed by atoms with Crippen LogP contribution in [0.2, 0.25) is 0 Å². The molecule has 8 nitrogen and oxygen atoms in total. The SMILES string of the molecule is Cc1ccc(CN2CCC3(CC2)CN(c2ncc(F)cn2)CCO3)o1.O=C(O)C(F)(F)F. The van der Waals surface area contributed by atoms with E-state index in [1.54, 1.807) is 0 Å². The number of alkyl halides is 3. The Morgan fingerprint density at radius 3 is 2.34 bits per heavy atom. The first kappa shape index (κ1) is 23.9. The van der Waals surface area contributed by atoms with Crippen LogP contribution in [0.5, 0.6) is 0 Å². The number of rotatable bonds is 3. The number of carbonyl (C=O) groups is 1. The van der Waals surface area contributed by atoms with Gasteiger partial charge in [-0.15, -0.1) is 0 Å². The van der Waals surface area contributed by atoms with Gasteiger partial charge in [-0.05, 0) is 31.9 Å². The molecule has 1 N–H and O–H groups in total. The van der Waals surface area contributed by atoms with Crippen molar-refractivity contribution in [2.75, 3.05) is 37.7 Å². The standard InChI is InChI=1S/C18H23FN4O2.C2HF3O2/c1-14-2-3-16(25-14)12-22-6-4-18(5-7-22)13-23(8-9-24-18)17-20-10-15(19)11-21-17;3-2(4,5)1(6)7/h2-3,10-11H,4-9,12-13H2,1H3;(H,6,7). The highest BCUT2D eigenvalue weighted by Crippen LogP contribution is 2.32. The van der Waals surface area contributed by atoms with Gasteiger partial charge in [0.15, 0.2) is 5.82 Å². The van der Waals surface area contributed by atoms with Crippen molar-refractivity contribution < 1.29 is 36.6 Å².